The highest BCUT2D eigenvalue weighted by Crippen LogP contribution is 2.38. The second-order valence-corrected chi connectivity index (χ2v) is 10.3. The summed E-state index contributed by atoms with van der Waals surface area (Å²) in [7, 11) is 0. The minimum Gasteiger partial charge on any atom is -0.351 e. The number of benzene rings is 1. The van der Waals surface area contributed by atoms with Gasteiger partial charge in [0, 0.05) is 16.6 Å². The number of aryl methyl sites for hydroxylation is 1. The zero-order valence-corrected chi connectivity index (χ0v) is 19.3. The molecule has 3 aromatic rings. The minimum absolute atomic E-state index is 0.122. The number of fused-ring (bicyclic) bond motifs is 3. The molecule has 32 heavy (non-hydrogen) atoms. The van der Waals surface area contributed by atoms with Crippen LogP contribution in [0.5, 0.6) is 0 Å². The van der Waals surface area contributed by atoms with Crippen molar-refractivity contribution in [2.75, 3.05) is 4.90 Å². The fourth-order valence-corrected chi connectivity index (χ4v) is 6.15. The smallest absolute Gasteiger partial charge is 0.275 e. The fraction of sp³-hybridized carbons (Fsp3) is 0.440. The standard InChI is InChI=1S/C25H28FN3O2S/c1-3-19-13-20-22(32-19)14-21-23(30)29(18-11-7-8-16(26)12-18)25(2,15-28(20)21)24(31)27-17-9-5-4-6-10-17/h7-8,11-14,17H,3-6,9-10,15H2,1-2H3,(H,27,31). The summed E-state index contributed by atoms with van der Waals surface area (Å²) in [4.78, 5) is 30.2. The number of nitrogens with one attached hydrogen (secondary N) is 1. The predicted molar refractivity (Wildman–Crippen MR) is 126 cm³/mol. The largest absolute Gasteiger partial charge is 0.351 e. The summed E-state index contributed by atoms with van der Waals surface area (Å²) in [6, 6.07) is 10.1. The van der Waals surface area contributed by atoms with Crippen molar-refractivity contribution in [3.63, 3.8) is 0 Å². The Hall–Kier alpha value is -2.67. The first-order valence-corrected chi connectivity index (χ1v) is 12.3. The van der Waals surface area contributed by atoms with Crippen LogP contribution in [0.15, 0.2) is 36.4 Å². The molecule has 0 bridgehead atoms. The van der Waals surface area contributed by atoms with Crippen LogP contribution < -0.4 is 10.2 Å². The second kappa shape index (κ2) is 8.03. The number of carbonyl (C=O) groups excluding carboxylic acids is 2. The van der Waals surface area contributed by atoms with Gasteiger partial charge in [0.2, 0.25) is 5.91 Å². The van der Waals surface area contributed by atoms with Gasteiger partial charge in [0.1, 0.15) is 17.1 Å². The number of amides is 2. The molecule has 1 fully saturated rings. The van der Waals surface area contributed by atoms with Gasteiger partial charge in [0.25, 0.3) is 5.91 Å². The molecule has 2 aliphatic rings. The molecule has 1 aliphatic heterocycles. The van der Waals surface area contributed by atoms with Crippen LogP contribution in [0.1, 0.15) is 61.3 Å². The van der Waals surface area contributed by atoms with E-state index < -0.39 is 11.4 Å². The van der Waals surface area contributed by atoms with Crippen LogP contribution in [-0.4, -0.2) is 28.0 Å². The highest BCUT2D eigenvalue weighted by atomic mass is 32.1. The summed E-state index contributed by atoms with van der Waals surface area (Å²) < 4.78 is 17.1. The maximum absolute atomic E-state index is 14.1. The molecule has 1 N–H and O–H groups in total. The fourth-order valence-electron chi connectivity index (χ4n) is 5.11. The number of aromatic nitrogens is 1. The second-order valence-electron chi connectivity index (χ2n) is 9.13. The summed E-state index contributed by atoms with van der Waals surface area (Å²) in [6.45, 7) is 4.24. The van der Waals surface area contributed by atoms with E-state index >= 15 is 0 Å². The van der Waals surface area contributed by atoms with Crippen LogP contribution in [0.4, 0.5) is 10.1 Å². The van der Waals surface area contributed by atoms with Gasteiger partial charge in [-0.3, -0.25) is 14.5 Å². The molecule has 5 rings (SSSR count). The molecule has 0 spiro atoms. The van der Waals surface area contributed by atoms with E-state index in [9.17, 15) is 14.0 Å². The number of halogens is 1. The monoisotopic (exact) mass is 453 g/mol. The Balaban J connectivity index is 1.61. The topological polar surface area (TPSA) is 54.3 Å². The van der Waals surface area contributed by atoms with E-state index in [4.69, 9.17) is 0 Å². The van der Waals surface area contributed by atoms with Gasteiger partial charge in [0.05, 0.1) is 16.8 Å². The van der Waals surface area contributed by atoms with Gasteiger partial charge in [-0.2, -0.15) is 0 Å². The highest BCUT2D eigenvalue weighted by Gasteiger charge is 2.49. The maximum Gasteiger partial charge on any atom is 0.275 e. The van der Waals surface area contributed by atoms with Crippen molar-refractivity contribution in [1.29, 1.82) is 0 Å². The number of carbonyl (C=O) groups is 2. The number of rotatable bonds is 4. The molecule has 7 heteroatoms. The van der Waals surface area contributed by atoms with Crippen LogP contribution in [0.2, 0.25) is 0 Å². The van der Waals surface area contributed by atoms with E-state index in [-0.39, 0.29) is 17.9 Å². The first-order chi connectivity index (χ1) is 15.4. The van der Waals surface area contributed by atoms with E-state index in [0.717, 1.165) is 42.3 Å². The van der Waals surface area contributed by atoms with Crippen molar-refractivity contribution >= 4 is 39.1 Å². The quantitative estimate of drug-likeness (QED) is 0.585. The van der Waals surface area contributed by atoms with Crippen LogP contribution in [-0.2, 0) is 17.8 Å². The lowest BCUT2D eigenvalue weighted by atomic mass is 9.91. The van der Waals surface area contributed by atoms with Crippen molar-refractivity contribution in [2.24, 2.45) is 0 Å². The van der Waals surface area contributed by atoms with Gasteiger partial charge < -0.3 is 9.88 Å². The molecule has 1 aliphatic carbocycles. The third-order valence-electron chi connectivity index (χ3n) is 6.87. The Labute approximate surface area is 191 Å². The Morgan fingerprint density at radius 1 is 1.22 bits per heavy atom. The van der Waals surface area contributed by atoms with Crippen molar-refractivity contribution in [3.8, 4) is 0 Å². The summed E-state index contributed by atoms with van der Waals surface area (Å²) in [5.74, 6) is -0.884. The molecule has 5 nitrogen and oxygen atoms in total. The van der Waals surface area contributed by atoms with Crippen LogP contribution in [0.3, 0.4) is 0 Å². The first-order valence-electron chi connectivity index (χ1n) is 11.4. The van der Waals surface area contributed by atoms with Crippen LogP contribution >= 0.6 is 11.3 Å². The minimum atomic E-state index is -1.17. The van der Waals surface area contributed by atoms with Crippen molar-refractivity contribution in [2.45, 2.75) is 70.5 Å². The molecule has 1 unspecified atom stereocenters. The molecule has 0 radical (unpaired) electrons. The summed E-state index contributed by atoms with van der Waals surface area (Å²) in [6.07, 6.45) is 6.24. The molecular weight excluding hydrogens is 425 g/mol. The first kappa shape index (κ1) is 21.2. The summed E-state index contributed by atoms with van der Waals surface area (Å²) >= 11 is 1.68. The molecule has 1 saturated carbocycles. The zero-order chi connectivity index (χ0) is 22.5. The Morgan fingerprint density at radius 3 is 2.72 bits per heavy atom. The molecule has 3 heterocycles. The molecule has 1 atom stereocenters. The van der Waals surface area contributed by atoms with Gasteiger partial charge in [-0.15, -0.1) is 11.3 Å². The van der Waals surface area contributed by atoms with Gasteiger partial charge in [-0.25, -0.2) is 4.39 Å². The third kappa shape index (κ3) is 3.43. The van der Waals surface area contributed by atoms with Crippen LogP contribution in [0.25, 0.3) is 10.2 Å². The van der Waals surface area contributed by atoms with Crippen LogP contribution in [0, 0.1) is 5.82 Å². The summed E-state index contributed by atoms with van der Waals surface area (Å²) in [5, 5.41) is 3.21. The average molecular weight is 454 g/mol. The van der Waals surface area contributed by atoms with Gasteiger partial charge in [-0.1, -0.05) is 32.3 Å². The van der Waals surface area contributed by atoms with Gasteiger partial charge >= 0.3 is 0 Å². The normalized spacial score (nSPS) is 21.7. The van der Waals surface area contributed by atoms with E-state index in [0.29, 0.717) is 17.9 Å². The summed E-state index contributed by atoms with van der Waals surface area (Å²) in [5.41, 5.74) is 0.767. The van der Waals surface area contributed by atoms with Gasteiger partial charge in [-0.05, 0) is 56.5 Å². The van der Waals surface area contributed by atoms with Crippen molar-refractivity contribution < 1.29 is 14.0 Å². The molecule has 0 saturated heterocycles. The lowest BCUT2D eigenvalue weighted by Gasteiger charge is -2.44. The van der Waals surface area contributed by atoms with Crippen molar-refractivity contribution in [3.05, 3.63) is 52.8 Å². The molecule has 1 aromatic carbocycles. The number of thiophene rings is 1. The average Bonchev–Trinajstić information content (AvgIpc) is 3.33. The third-order valence-corrected chi connectivity index (χ3v) is 8.08. The van der Waals surface area contributed by atoms with E-state index in [1.54, 1.807) is 30.4 Å². The highest BCUT2D eigenvalue weighted by molar-refractivity contribution is 7.19. The maximum atomic E-state index is 14.1. The van der Waals surface area contributed by atoms with Crippen molar-refractivity contribution in [1.82, 2.24) is 9.88 Å². The zero-order valence-electron chi connectivity index (χ0n) is 18.5. The molecule has 168 valence electrons. The predicted octanol–water partition coefficient (Wildman–Crippen LogP) is 5.27. The number of hydrogen-bond donors (Lipinski definition) is 1. The number of anilines is 1. The lowest BCUT2D eigenvalue weighted by molar-refractivity contribution is -0.127. The Kier molecular flexibility index (Phi) is 5.32. The molecule has 2 amide bonds. The van der Waals surface area contributed by atoms with E-state index in [1.165, 1.54) is 28.3 Å². The Bertz CT molecular complexity index is 1190. The van der Waals surface area contributed by atoms with Gasteiger partial charge in [0.15, 0.2) is 0 Å². The molecular formula is C25H28FN3O2S. The Morgan fingerprint density at radius 2 is 2.00 bits per heavy atom. The van der Waals surface area contributed by atoms with E-state index in [2.05, 4.69) is 18.3 Å². The number of hydrogen-bond acceptors (Lipinski definition) is 3. The molecule has 2 aromatic heterocycles. The lowest BCUT2D eigenvalue weighted by Crippen LogP contribution is -2.65. The van der Waals surface area contributed by atoms with E-state index in [1.807, 2.05) is 10.6 Å². The number of nitrogens with zero attached hydrogens (tertiary/aromatic N) is 2. The SMILES string of the molecule is CCc1cc2c(cc3n2CC(C)(C(=O)NC2CCCCC2)N(c2cccc(F)c2)C3=O)s1.